The highest BCUT2D eigenvalue weighted by Gasteiger charge is 2.26. The highest BCUT2D eigenvalue weighted by molar-refractivity contribution is 6.14. The molecule has 0 aromatic heterocycles. The molecule has 2 unspecified atom stereocenters. The minimum absolute atomic E-state index is 0.301. The molecule has 3 heterocycles. The van der Waals surface area contributed by atoms with E-state index in [0.717, 1.165) is 66.7 Å². The number of hydrogen-bond donors (Lipinski definition) is 0. The maximum absolute atomic E-state index is 12.2. The first-order valence-corrected chi connectivity index (χ1v) is 12.6. The van der Waals surface area contributed by atoms with Crippen LogP contribution in [0.1, 0.15) is 38.5 Å². The lowest BCUT2D eigenvalue weighted by molar-refractivity contribution is -0.146. The Kier molecular flexibility index (Phi) is 7.82. The van der Waals surface area contributed by atoms with E-state index in [2.05, 4.69) is 0 Å². The number of rotatable bonds is 8. The van der Waals surface area contributed by atoms with Gasteiger partial charge in [0.25, 0.3) is 11.8 Å². The van der Waals surface area contributed by atoms with Crippen LogP contribution >= 0.6 is 0 Å². The summed E-state index contributed by atoms with van der Waals surface area (Å²) >= 11 is 0. The summed E-state index contributed by atoms with van der Waals surface area (Å²) in [5.41, 5.74) is 1.77. The van der Waals surface area contributed by atoms with E-state index in [-0.39, 0.29) is 12.6 Å². The van der Waals surface area contributed by atoms with Crippen LogP contribution in [0.2, 0.25) is 0 Å². The van der Waals surface area contributed by atoms with Crippen LogP contribution in [0.5, 0.6) is 17.2 Å². The molecule has 0 aliphatic carbocycles. The molecule has 2 aromatic rings. The first-order valence-electron chi connectivity index (χ1n) is 12.6. The summed E-state index contributed by atoms with van der Waals surface area (Å²) in [6.45, 7) is 0.911. The van der Waals surface area contributed by atoms with Crippen LogP contribution in [-0.4, -0.2) is 55.0 Å². The number of imide groups is 1. The van der Waals surface area contributed by atoms with Crippen molar-refractivity contribution in [3.05, 3.63) is 54.6 Å². The zero-order chi connectivity index (χ0) is 25.6. The predicted octanol–water partition coefficient (Wildman–Crippen LogP) is 3.99. The highest BCUT2D eigenvalue weighted by atomic mass is 16.7. The second kappa shape index (κ2) is 11.6. The van der Waals surface area contributed by atoms with Gasteiger partial charge < -0.3 is 23.7 Å². The third kappa shape index (κ3) is 6.36. The SMILES string of the molecule is O=C(CN1C(=O)C=CC1=O)Oc1ccc(-c2ccc(OC3CCCCO3)c(OC3CCCCO3)c2)cc1. The molecule has 0 radical (unpaired) electrons. The largest absolute Gasteiger partial charge is 0.461 e. The van der Waals surface area contributed by atoms with Gasteiger partial charge in [-0.1, -0.05) is 18.2 Å². The van der Waals surface area contributed by atoms with E-state index in [1.807, 2.05) is 30.3 Å². The van der Waals surface area contributed by atoms with Gasteiger partial charge in [0.2, 0.25) is 0 Å². The van der Waals surface area contributed by atoms with Gasteiger partial charge in [0, 0.05) is 25.0 Å². The molecule has 2 amide bonds. The molecule has 5 rings (SSSR count). The van der Waals surface area contributed by atoms with Gasteiger partial charge in [0.05, 0.1) is 13.2 Å². The quantitative estimate of drug-likeness (QED) is 0.300. The Morgan fingerprint density at radius 2 is 1.38 bits per heavy atom. The van der Waals surface area contributed by atoms with Gasteiger partial charge in [-0.15, -0.1) is 0 Å². The third-order valence-electron chi connectivity index (χ3n) is 6.34. The molecule has 194 valence electrons. The molecular formula is C28H29NO8. The Morgan fingerprint density at radius 1 is 0.784 bits per heavy atom. The van der Waals surface area contributed by atoms with Crippen LogP contribution in [0, 0.1) is 0 Å². The van der Waals surface area contributed by atoms with Crippen LogP contribution in [0.3, 0.4) is 0 Å². The average Bonchev–Trinajstić information content (AvgIpc) is 3.23. The topological polar surface area (TPSA) is 101 Å². The number of benzene rings is 2. The first-order chi connectivity index (χ1) is 18.0. The van der Waals surface area contributed by atoms with Gasteiger partial charge in [0.15, 0.2) is 24.1 Å². The third-order valence-corrected chi connectivity index (χ3v) is 6.34. The van der Waals surface area contributed by atoms with E-state index in [9.17, 15) is 14.4 Å². The molecule has 9 heteroatoms. The van der Waals surface area contributed by atoms with Crippen LogP contribution in [0.4, 0.5) is 0 Å². The maximum atomic E-state index is 12.2. The summed E-state index contributed by atoms with van der Waals surface area (Å²) < 4.78 is 29.2. The van der Waals surface area contributed by atoms with Crippen molar-refractivity contribution in [1.29, 1.82) is 0 Å². The van der Waals surface area contributed by atoms with Crippen molar-refractivity contribution in [2.75, 3.05) is 19.8 Å². The monoisotopic (exact) mass is 507 g/mol. The lowest BCUT2D eigenvalue weighted by Crippen LogP contribution is -2.36. The summed E-state index contributed by atoms with van der Waals surface area (Å²) in [6, 6.07) is 12.7. The second-order valence-electron chi connectivity index (χ2n) is 9.08. The number of carbonyl (C=O) groups is 3. The highest BCUT2D eigenvalue weighted by Crippen LogP contribution is 2.36. The molecule has 2 fully saturated rings. The predicted molar refractivity (Wildman–Crippen MR) is 132 cm³/mol. The van der Waals surface area contributed by atoms with E-state index in [4.69, 9.17) is 23.7 Å². The molecule has 0 spiro atoms. The number of nitrogens with zero attached hydrogens (tertiary/aromatic N) is 1. The molecule has 0 N–H and O–H groups in total. The van der Waals surface area contributed by atoms with Crippen molar-refractivity contribution in [2.45, 2.75) is 51.1 Å². The summed E-state index contributed by atoms with van der Waals surface area (Å²) in [4.78, 5) is 36.3. The Balaban J connectivity index is 1.28. The standard InChI is InChI=1S/C28H29NO8/c30-24-13-14-25(31)29(24)18-26(32)35-21-10-7-19(8-11-21)20-9-12-22(36-27-5-1-3-15-33-27)23(17-20)37-28-6-2-4-16-34-28/h7-14,17,27-28H,1-6,15-16,18H2. The Morgan fingerprint density at radius 3 is 1.97 bits per heavy atom. The van der Waals surface area contributed by atoms with E-state index in [1.165, 1.54) is 0 Å². The van der Waals surface area contributed by atoms with Gasteiger partial charge in [-0.05, 0) is 61.1 Å². The van der Waals surface area contributed by atoms with Gasteiger partial charge in [-0.3, -0.25) is 14.5 Å². The molecule has 2 aromatic carbocycles. The number of ether oxygens (including phenoxy) is 5. The van der Waals surface area contributed by atoms with E-state index in [0.29, 0.717) is 30.5 Å². The Bertz CT molecular complexity index is 1150. The average molecular weight is 508 g/mol. The van der Waals surface area contributed by atoms with Crippen LogP contribution in [0.15, 0.2) is 54.6 Å². The zero-order valence-corrected chi connectivity index (χ0v) is 20.4. The fourth-order valence-corrected chi connectivity index (χ4v) is 4.36. The van der Waals surface area contributed by atoms with E-state index in [1.54, 1.807) is 12.1 Å². The van der Waals surface area contributed by atoms with Crippen molar-refractivity contribution in [1.82, 2.24) is 4.90 Å². The zero-order valence-electron chi connectivity index (χ0n) is 20.4. The van der Waals surface area contributed by atoms with Gasteiger partial charge in [0.1, 0.15) is 12.3 Å². The van der Waals surface area contributed by atoms with Crippen molar-refractivity contribution >= 4 is 17.8 Å². The molecule has 37 heavy (non-hydrogen) atoms. The van der Waals surface area contributed by atoms with Crippen LogP contribution < -0.4 is 14.2 Å². The molecule has 3 aliphatic heterocycles. The summed E-state index contributed by atoms with van der Waals surface area (Å²) in [6.07, 6.45) is 7.43. The lowest BCUT2D eigenvalue weighted by Gasteiger charge is -2.27. The van der Waals surface area contributed by atoms with Crippen LogP contribution in [-0.2, 0) is 23.9 Å². The minimum Gasteiger partial charge on any atom is -0.461 e. The smallest absolute Gasteiger partial charge is 0.331 e. The second-order valence-corrected chi connectivity index (χ2v) is 9.08. The van der Waals surface area contributed by atoms with Crippen molar-refractivity contribution in [3.8, 4) is 28.4 Å². The summed E-state index contributed by atoms with van der Waals surface area (Å²) in [5, 5.41) is 0. The van der Waals surface area contributed by atoms with Crippen molar-refractivity contribution in [2.24, 2.45) is 0 Å². The Hall–Kier alpha value is -3.69. The molecule has 0 saturated carbocycles. The summed E-state index contributed by atoms with van der Waals surface area (Å²) in [5.74, 6) is -0.263. The minimum atomic E-state index is -0.701. The van der Waals surface area contributed by atoms with Gasteiger partial charge in [-0.25, -0.2) is 4.79 Å². The molecule has 9 nitrogen and oxygen atoms in total. The lowest BCUT2D eigenvalue weighted by atomic mass is 10.0. The van der Waals surface area contributed by atoms with Crippen LogP contribution in [0.25, 0.3) is 11.1 Å². The van der Waals surface area contributed by atoms with E-state index < -0.39 is 24.3 Å². The van der Waals surface area contributed by atoms with Crippen molar-refractivity contribution in [3.63, 3.8) is 0 Å². The molecule has 2 atom stereocenters. The number of esters is 1. The Labute approximate surface area is 214 Å². The molecule has 0 bridgehead atoms. The van der Waals surface area contributed by atoms with Crippen molar-refractivity contribution < 1.29 is 38.1 Å². The van der Waals surface area contributed by atoms with Gasteiger partial charge in [-0.2, -0.15) is 0 Å². The summed E-state index contributed by atoms with van der Waals surface area (Å²) in [7, 11) is 0. The molecule has 2 saturated heterocycles. The number of carbonyl (C=O) groups excluding carboxylic acids is 3. The first kappa shape index (κ1) is 25.0. The van der Waals surface area contributed by atoms with Gasteiger partial charge >= 0.3 is 5.97 Å². The number of amides is 2. The number of hydrogen-bond acceptors (Lipinski definition) is 8. The normalized spacial score (nSPS) is 21.7. The fourth-order valence-electron chi connectivity index (χ4n) is 4.36. The van der Waals surface area contributed by atoms with E-state index >= 15 is 0 Å². The molecular weight excluding hydrogens is 478 g/mol. The maximum Gasteiger partial charge on any atom is 0.331 e. The fraction of sp³-hybridized carbons (Fsp3) is 0.393. The molecule has 3 aliphatic rings.